The van der Waals surface area contributed by atoms with Gasteiger partial charge in [-0.05, 0) is 37.2 Å². The third-order valence-corrected chi connectivity index (χ3v) is 5.74. The zero-order valence-corrected chi connectivity index (χ0v) is 12.3. The number of rotatable bonds is 1. The van der Waals surface area contributed by atoms with Gasteiger partial charge in [-0.25, -0.2) is 8.42 Å². The number of H-pyrrole nitrogens is 1. The molecule has 1 aromatic carbocycles. The van der Waals surface area contributed by atoms with Gasteiger partial charge < -0.3 is 4.98 Å². The van der Waals surface area contributed by atoms with Crippen LogP contribution < -0.4 is 5.56 Å². The van der Waals surface area contributed by atoms with Crippen molar-refractivity contribution in [2.75, 3.05) is 11.5 Å². The monoisotopic (exact) mass is 310 g/mol. The molecule has 0 spiro atoms. The fourth-order valence-electron chi connectivity index (χ4n) is 2.64. The summed E-state index contributed by atoms with van der Waals surface area (Å²) >= 11 is 5.26. The van der Waals surface area contributed by atoms with E-state index < -0.39 is 9.84 Å². The smallest absolute Gasteiger partial charge is 0.262 e. The maximum atomic E-state index is 12.5. The molecule has 0 bridgehead atoms. The number of fused-ring (bicyclic) bond motifs is 1. The van der Waals surface area contributed by atoms with Gasteiger partial charge in [0.05, 0.1) is 22.4 Å². The van der Waals surface area contributed by atoms with Gasteiger partial charge in [-0.2, -0.15) is 0 Å². The van der Waals surface area contributed by atoms with Gasteiger partial charge in [0, 0.05) is 6.04 Å². The van der Waals surface area contributed by atoms with E-state index in [4.69, 9.17) is 12.2 Å². The Morgan fingerprint density at radius 3 is 2.55 bits per heavy atom. The summed E-state index contributed by atoms with van der Waals surface area (Å²) in [6.45, 7) is 0. The number of benzene rings is 1. The molecule has 2 heterocycles. The Bertz CT molecular complexity index is 866. The largest absolute Gasteiger partial charge is 0.332 e. The molecule has 5 nitrogen and oxygen atoms in total. The van der Waals surface area contributed by atoms with Crippen LogP contribution in [0.5, 0.6) is 0 Å². The normalized spacial score (nSPS) is 19.2. The van der Waals surface area contributed by atoms with E-state index in [0.717, 1.165) is 0 Å². The standard InChI is InChI=1S/C13H14N2O3S2/c16-12-10-3-1-2-4-11(10)14-13(19)15(12)9-5-7-20(17,18)8-6-9/h1-4,9H,5-8H2,(H,14,19). The fourth-order valence-corrected chi connectivity index (χ4v) is 4.45. The van der Waals surface area contributed by atoms with E-state index in [1.807, 2.05) is 12.1 Å². The molecule has 0 unspecified atom stereocenters. The Hall–Kier alpha value is -1.47. The maximum Gasteiger partial charge on any atom is 0.262 e. The summed E-state index contributed by atoms with van der Waals surface area (Å²) < 4.78 is 24.9. The van der Waals surface area contributed by atoms with Crippen LogP contribution in [-0.2, 0) is 9.84 Å². The number of sulfone groups is 1. The molecule has 7 heteroatoms. The summed E-state index contributed by atoms with van der Waals surface area (Å²) in [5.41, 5.74) is 0.566. The van der Waals surface area contributed by atoms with Crippen molar-refractivity contribution in [2.24, 2.45) is 0 Å². The van der Waals surface area contributed by atoms with Crippen LogP contribution in [0.1, 0.15) is 18.9 Å². The van der Waals surface area contributed by atoms with Crippen molar-refractivity contribution in [1.29, 1.82) is 0 Å². The number of hydrogen-bond acceptors (Lipinski definition) is 4. The Morgan fingerprint density at radius 2 is 1.85 bits per heavy atom. The van der Waals surface area contributed by atoms with Crippen molar-refractivity contribution in [1.82, 2.24) is 9.55 Å². The second-order valence-corrected chi connectivity index (χ2v) is 7.72. The number of nitrogens with one attached hydrogen (secondary N) is 1. The Balaban J connectivity index is 2.13. The number of aromatic amines is 1. The van der Waals surface area contributed by atoms with Crippen LogP contribution in [0.15, 0.2) is 29.1 Å². The first-order chi connectivity index (χ1) is 9.48. The molecule has 106 valence electrons. The lowest BCUT2D eigenvalue weighted by molar-refractivity contribution is 0.432. The third kappa shape index (κ3) is 2.31. The molecule has 3 rings (SSSR count). The van der Waals surface area contributed by atoms with E-state index in [-0.39, 0.29) is 23.1 Å². The van der Waals surface area contributed by atoms with Gasteiger partial charge in [0.25, 0.3) is 5.56 Å². The molecule has 20 heavy (non-hydrogen) atoms. The minimum absolute atomic E-state index is 0.117. The highest BCUT2D eigenvalue weighted by Gasteiger charge is 2.26. The lowest BCUT2D eigenvalue weighted by Gasteiger charge is -2.24. The number of nitrogens with zero attached hydrogens (tertiary/aromatic N) is 1. The minimum atomic E-state index is -2.95. The van der Waals surface area contributed by atoms with Crippen molar-refractivity contribution in [3.63, 3.8) is 0 Å². The van der Waals surface area contributed by atoms with Gasteiger partial charge in [0.15, 0.2) is 4.77 Å². The summed E-state index contributed by atoms with van der Waals surface area (Å²) in [5.74, 6) is 0.234. The van der Waals surface area contributed by atoms with Crippen LogP contribution in [-0.4, -0.2) is 29.5 Å². The molecule has 0 saturated carbocycles. The van der Waals surface area contributed by atoms with Gasteiger partial charge in [-0.3, -0.25) is 9.36 Å². The molecule has 0 aliphatic carbocycles. The molecular weight excluding hydrogens is 296 g/mol. The molecular formula is C13H14N2O3S2. The average Bonchev–Trinajstić information content (AvgIpc) is 2.40. The summed E-state index contributed by atoms with van der Waals surface area (Å²) in [4.78, 5) is 15.6. The topological polar surface area (TPSA) is 71.9 Å². The van der Waals surface area contributed by atoms with Crippen molar-refractivity contribution in [3.8, 4) is 0 Å². The zero-order valence-electron chi connectivity index (χ0n) is 10.7. The first-order valence-electron chi connectivity index (χ1n) is 6.42. The lowest BCUT2D eigenvalue weighted by Crippen LogP contribution is -2.32. The molecule has 1 fully saturated rings. The third-order valence-electron chi connectivity index (χ3n) is 3.73. The SMILES string of the molecule is O=c1c2ccccc2[nH]c(=S)n1C1CCS(=O)(=O)CC1. The summed E-state index contributed by atoms with van der Waals surface area (Å²) in [6.07, 6.45) is 0.885. The van der Waals surface area contributed by atoms with Crippen molar-refractivity contribution >= 4 is 33.0 Å². The van der Waals surface area contributed by atoms with Gasteiger partial charge in [0.1, 0.15) is 9.84 Å². The molecule has 1 aliphatic heterocycles. The zero-order chi connectivity index (χ0) is 14.3. The van der Waals surface area contributed by atoms with Gasteiger partial charge in [-0.15, -0.1) is 0 Å². The van der Waals surface area contributed by atoms with Crippen LogP contribution in [0.4, 0.5) is 0 Å². The maximum absolute atomic E-state index is 12.5. The van der Waals surface area contributed by atoms with E-state index in [1.54, 1.807) is 12.1 Å². The molecule has 0 amide bonds. The van der Waals surface area contributed by atoms with E-state index in [1.165, 1.54) is 4.57 Å². The van der Waals surface area contributed by atoms with Crippen LogP contribution >= 0.6 is 12.2 Å². The van der Waals surface area contributed by atoms with E-state index in [2.05, 4.69) is 4.98 Å². The fraction of sp³-hybridized carbons (Fsp3) is 0.385. The highest BCUT2D eigenvalue weighted by atomic mass is 32.2. The minimum Gasteiger partial charge on any atom is -0.332 e. The summed E-state index contributed by atoms with van der Waals surface area (Å²) in [6, 6.07) is 7.06. The van der Waals surface area contributed by atoms with E-state index in [0.29, 0.717) is 28.5 Å². The molecule has 1 saturated heterocycles. The van der Waals surface area contributed by atoms with Crippen LogP contribution in [0.2, 0.25) is 0 Å². The van der Waals surface area contributed by atoms with Crippen molar-refractivity contribution < 1.29 is 8.42 Å². The second-order valence-electron chi connectivity index (χ2n) is 5.03. The molecule has 2 aromatic rings. The Kier molecular flexibility index (Phi) is 3.25. The second kappa shape index (κ2) is 4.82. The number of hydrogen-bond donors (Lipinski definition) is 1. The highest BCUT2D eigenvalue weighted by Crippen LogP contribution is 2.23. The van der Waals surface area contributed by atoms with Gasteiger partial charge >= 0.3 is 0 Å². The highest BCUT2D eigenvalue weighted by molar-refractivity contribution is 7.91. The lowest BCUT2D eigenvalue weighted by atomic mass is 10.1. The number of para-hydroxylation sites is 1. The Labute approximate surface area is 121 Å². The predicted octanol–water partition coefficient (Wildman–Crippen LogP) is 1.81. The van der Waals surface area contributed by atoms with Gasteiger partial charge in [0.2, 0.25) is 0 Å². The van der Waals surface area contributed by atoms with Gasteiger partial charge in [-0.1, -0.05) is 12.1 Å². The number of aromatic nitrogens is 2. The molecule has 1 N–H and O–H groups in total. The van der Waals surface area contributed by atoms with E-state index >= 15 is 0 Å². The molecule has 1 aromatic heterocycles. The van der Waals surface area contributed by atoms with Crippen LogP contribution in [0, 0.1) is 4.77 Å². The van der Waals surface area contributed by atoms with Crippen LogP contribution in [0.25, 0.3) is 10.9 Å². The molecule has 0 atom stereocenters. The Morgan fingerprint density at radius 1 is 1.20 bits per heavy atom. The first-order valence-corrected chi connectivity index (χ1v) is 8.65. The quantitative estimate of drug-likeness (QED) is 0.815. The summed E-state index contributed by atoms with van der Waals surface area (Å²) in [7, 11) is -2.95. The van der Waals surface area contributed by atoms with Crippen molar-refractivity contribution in [3.05, 3.63) is 39.4 Å². The summed E-state index contributed by atoms with van der Waals surface area (Å²) in [5, 5.41) is 0.578. The molecule has 0 radical (unpaired) electrons. The van der Waals surface area contributed by atoms with E-state index in [9.17, 15) is 13.2 Å². The van der Waals surface area contributed by atoms with Crippen molar-refractivity contribution in [2.45, 2.75) is 18.9 Å². The molecule has 1 aliphatic rings. The predicted molar refractivity (Wildman–Crippen MR) is 80.3 cm³/mol. The average molecular weight is 310 g/mol. The van der Waals surface area contributed by atoms with Crippen LogP contribution in [0.3, 0.4) is 0 Å². The first kappa shape index (κ1) is 13.5.